The summed E-state index contributed by atoms with van der Waals surface area (Å²) in [6.07, 6.45) is 3.54. The van der Waals surface area contributed by atoms with Gasteiger partial charge in [-0.3, -0.25) is 0 Å². The molecule has 2 aliphatic rings. The Labute approximate surface area is 121 Å². The van der Waals surface area contributed by atoms with Crippen LogP contribution < -0.4 is 10.1 Å². The van der Waals surface area contributed by atoms with Gasteiger partial charge in [0.25, 0.3) is 0 Å². The van der Waals surface area contributed by atoms with Crippen LogP contribution in [0.1, 0.15) is 37.7 Å². The average Bonchev–Trinajstić information content (AvgIpc) is 2.89. The first kappa shape index (κ1) is 13.9. The minimum Gasteiger partial charge on any atom is -0.493 e. The molecule has 1 aromatic carbocycles. The van der Waals surface area contributed by atoms with E-state index in [4.69, 9.17) is 9.47 Å². The van der Waals surface area contributed by atoms with Gasteiger partial charge in [0.2, 0.25) is 0 Å². The average molecular weight is 275 g/mol. The first-order valence-corrected chi connectivity index (χ1v) is 7.83. The molecule has 1 aromatic rings. The van der Waals surface area contributed by atoms with Gasteiger partial charge in [0.1, 0.15) is 5.75 Å². The van der Waals surface area contributed by atoms with E-state index in [0.717, 1.165) is 38.7 Å². The van der Waals surface area contributed by atoms with E-state index in [1.807, 2.05) is 0 Å². The Hall–Kier alpha value is -1.06. The van der Waals surface area contributed by atoms with E-state index < -0.39 is 0 Å². The highest BCUT2D eigenvalue weighted by Gasteiger charge is 2.37. The van der Waals surface area contributed by atoms with Crippen LogP contribution in [-0.4, -0.2) is 32.9 Å². The van der Waals surface area contributed by atoms with Gasteiger partial charge in [0.15, 0.2) is 0 Å². The minimum absolute atomic E-state index is 0.375. The molecule has 1 atom stereocenters. The van der Waals surface area contributed by atoms with Crippen molar-refractivity contribution < 1.29 is 9.47 Å². The third-order valence-corrected chi connectivity index (χ3v) is 4.78. The number of fused-ring (bicyclic) bond motifs is 1. The Kier molecular flexibility index (Phi) is 4.27. The van der Waals surface area contributed by atoms with Crippen molar-refractivity contribution in [2.45, 2.75) is 32.1 Å². The van der Waals surface area contributed by atoms with Crippen LogP contribution in [0.4, 0.5) is 0 Å². The maximum absolute atomic E-state index is 5.85. The third-order valence-electron chi connectivity index (χ3n) is 4.78. The number of rotatable bonds is 5. The molecule has 0 bridgehead atoms. The van der Waals surface area contributed by atoms with Crippen LogP contribution in [0.25, 0.3) is 0 Å². The molecule has 1 N–H and O–H groups in total. The molecule has 0 saturated carbocycles. The number of hydrogen-bond acceptors (Lipinski definition) is 3. The van der Waals surface area contributed by atoms with E-state index in [9.17, 15) is 0 Å². The van der Waals surface area contributed by atoms with Crippen LogP contribution in [-0.2, 0) is 4.74 Å². The second-order valence-corrected chi connectivity index (χ2v) is 6.14. The van der Waals surface area contributed by atoms with Crippen LogP contribution >= 0.6 is 0 Å². The maximum Gasteiger partial charge on any atom is 0.122 e. The molecule has 0 radical (unpaired) electrons. The van der Waals surface area contributed by atoms with E-state index in [2.05, 4.69) is 36.5 Å². The molecular weight excluding hydrogens is 250 g/mol. The molecule has 110 valence electrons. The highest BCUT2D eigenvalue weighted by atomic mass is 16.5. The predicted molar refractivity (Wildman–Crippen MR) is 80.3 cm³/mol. The summed E-state index contributed by atoms with van der Waals surface area (Å²) < 4.78 is 11.4. The topological polar surface area (TPSA) is 30.5 Å². The Morgan fingerprint density at radius 2 is 2.05 bits per heavy atom. The summed E-state index contributed by atoms with van der Waals surface area (Å²) in [5.74, 6) is 1.63. The molecule has 1 unspecified atom stereocenters. The lowest BCUT2D eigenvalue weighted by Gasteiger charge is -2.39. The predicted octanol–water partition coefficient (Wildman–Crippen LogP) is 2.96. The quantitative estimate of drug-likeness (QED) is 0.896. The van der Waals surface area contributed by atoms with Crippen LogP contribution in [0.5, 0.6) is 5.75 Å². The highest BCUT2D eigenvalue weighted by molar-refractivity contribution is 5.39. The Balaban J connectivity index is 1.73. The molecule has 3 heteroatoms. The summed E-state index contributed by atoms with van der Waals surface area (Å²) in [4.78, 5) is 0. The lowest BCUT2D eigenvalue weighted by Crippen LogP contribution is -2.40. The normalized spacial score (nSPS) is 24.1. The van der Waals surface area contributed by atoms with Crippen LogP contribution in [0, 0.1) is 5.41 Å². The van der Waals surface area contributed by atoms with E-state index in [-0.39, 0.29) is 0 Å². The summed E-state index contributed by atoms with van der Waals surface area (Å²) in [7, 11) is 0. The molecule has 1 saturated heterocycles. The highest BCUT2D eigenvalue weighted by Crippen LogP contribution is 2.44. The second-order valence-electron chi connectivity index (χ2n) is 6.14. The molecule has 1 fully saturated rings. The lowest BCUT2D eigenvalue weighted by molar-refractivity contribution is 0.00616. The van der Waals surface area contributed by atoms with Gasteiger partial charge < -0.3 is 14.8 Å². The van der Waals surface area contributed by atoms with E-state index in [1.54, 1.807) is 0 Å². The molecule has 3 rings (SSSR count). The smallest absolute Gasteiger partial charge is 0.122 e. The Morgan fingerprint density at radius 3 is 2.85 bits per heavy atom. The van der Waals surface area contributed by atoms with E-state index in [0.29, 0.717) is 11.3 Å². The molecule has 2 heterocycles. The molecule has 0 aromatic heterocycles. The Morgan fingerprint density at radius 1 is 1.25 bits per heavy atom. The molecular formula is C17H25NO2. The van der Waals surface area contributed by atoms with Gasteiger partial charge in [-0.25, -0.2) is 0 Å². The zero-order chi connectivity index (χ0) is 13.8. The van der Waals surface area contributed by atoms with Crippen molar-refractivity contribution >= 4 is 0 Å². The number of benzene rings is 1. The maximum atomic E-state index is 5.85. The second kappa shape index (κ2) is 6.15. The van der Waals surface area contributed by atoms with Gasteiger partial charge in [0, 0.05) is 31.2 Å². The van der Waals surface area contributed by atoms with E-state index in [1.165, 1.54) is 24.8 Å². The fraction of sp³-hybridized carbons (Fsp3) is 0.647. The number of nitrogens with one attached hydrogen (secondary N) is 1. The minimum atomic E-state index is 0.375. The molecule has 0 amide bonds. The largest absolute Gasteiger partial charge is 0.493 e. The van der Waals surface area contributed by atoms with Crippen molar-refractivity contribution in [3.63, 3.8) is 0 Å². The fourth-order valence-electron chi connectivity index (χ4n) is 3.57. The van der Waals surface area contributed by atoms with Crippen LogP contribution in [0.15, 0.2) is 24.3 Å². The standard InChI is InChI=1S/C17H25NO2/c1-2-18-13-17(7-9-19-10-8-17)11-14-12-20-16-6-4-3-5-15(14)16/h3-6,14,18H,2,7-13H2,1H3. The molecule has 2 aliphatic heterocycles. The Bertz CT molecular complexity index is 440. The number of ether oxygens (including phenoxy) is 2. The lowest BCUT2D eigenvalue weighted by atomic mass is 9.72. The molecule has 20 heavy (non-hydrogen) atoms. The van der Waals surface area contributed by atoms with Crippen molar-refractivity contribution in [3.05, 3.63) is 29.8 Å². The number of hydrogen-bond donors (Lipinski definition) is 1. The summed E-state index contributed by atoms with van der Waals surface area (Å²) in [5, 5.41) is 3.56. The van der Waals surface area contributed by atoms with Gasteiger partial charge in [0.05, 0.1) is 6.61 Å². The SMILES string of the molecule is CCNCC1(CC2COc3ccccc32)CCOCC1. The fourth-order valence-corrected chi connectivity index (χ4v) is 3.57. The van der Waals surface area contributed by atoms with Crippen molar-refractivity contribution in [3.8, 4) is 5.75 Å². The van der Waals surface area contributed by atoms with Gasteiger partial charge >= 0.3 is 0 Å². The molecule has 3 nitrogen and oxygen atoms in total. The number of para-hydroxylation sites is 1. The van der Waals surface area contributed by atoms with Gasteiger partial charge in [-0.15, -0.1) is 0 Å². The zero-order valence-electron chi connectivity index (χ0n) is 12.4. The monoisotopic (exact) mass is 275 g/mol. The first-order valence-electron chi connectivity index (χ1n) is 7.83. The zero-order valence-corrected chi connectivity index (χ0v) is 12.4. The van der Waals surface area contributed by atoms with E-state index >= 15 is 0 Å². The van der Waals surface area contributed by atoms with Gasteiger partial charge in [-0.05, 0) is 37.3 Å². The summed E-state index contributed by atoms with van der Waals surface area (Å²) in [6.45, 7) is 6.97. The summed E-state index contributed by atoms with van der Waals surface area (Å²) >= 11 is 0. The van der Waals surface area contributed by atoms with Gasteiger partial charge in [-0.2, -0.15) is 0 Å². The van der Waals surface area contributed by atoms with Crippen LogP contribution in [0.2, 0.25) is 0 Å². The first-order chi connectivity index (χ1) is 9.83. The van der Waals surface area contributed by atoms with Crippen molar-refractivity contribution in [2.24, 2.45) is 5.41 Å². The van der Waals surface area contributed by atoms with Crippen LogP contribution in [0.3, 0.4) is 0 Å². The molecule has 0 aliphatic carbocycles. The van der Waals surface area contributed by atoms with Crippen molar-refractivity contribution in [1.29, 1.82) is 0 Å². The molecule has 0 spiro atoms. The van der Waals surface area contributed by atoms with Crippen molar-refractivity contribution in [2.75, 3.05) is 32.9 Å². The van der Waals surface area contributed by atoms with Gasteiger partial charge in [-0.1, -0.05) is 25.1 Å². The summed E-state index contributed by atoms with van der Waals surface area (Å²) in [5.41, 5.74) is 1.77. The van der Waals surface area contributed by atoms with Crippen molar-refractivity contribution in [1.82, 2.24) is 5.32 Å². The third kappa shape index (κ3) is 2.84. The summed E-state index contributed by atoms with van der Waals surface area (Å²) in [6, 6.07) is 8.51.